The summed E-state index contributed by atoms with van der Waals surface area (Å²) < 4.78 is 50.6. The van der Waals surface area contributed by atoms with Gasteiger partial charge in [-0.15, -0.1) is 20.2 Å². The Morgan fingerprint density at radius 3 is 2.17 bits per heavy atom. The Hall–Kier alpha value is -0.660. The molecule has 0 unspecified atom stereocenters. The van der Waals surface area contributed by atoms with Crippen LogP contribution in [-0.4, -0.2) is 17.7 Å². The van der Waals surface area contributed by atoms with E-state index in [4.69, 9.17) is 5.26 Å². The predicted molar refractivity (Wildman–Crippen MR) is 29.5 cm³/mol. The average molecular weight is 190 g/mol. The Balaban J connectivity index is 4.12. The Morgan fingerprint density at radius 1 is 1.33 bits per heavy atom. The zero-order chi connectivity index (χ0) is 9.83. The number of ether oxygens (including phenoxy) is 1. The van der Waals surface area contributed by atoms with Crippen LogP contribution in [0, 0.1) is 0 Å². The van der Waals surface area contributed by atoms with Gasteiger partial charge in [-0.05, 0) is 0 Å². The quantitative estimate of drug-likeness (QED) is 0.237. The van der Waals surface area contributed by atoms with Crippen molar-refractivity contribution in [1.29, 1.82) is 0 Å². The lowest BCUT2D eigenvalue weighted by atomic mass is 10.4. The highest BCUT2D eigenvalue weighted by Crippen LogP contribution is 2.29. The standard InChI is InChI=1S/C5H6F4O3/c1-2-3-4(6,7)11-5(8,9)12-10/h2,10H,1,3H2. The summed E-state index contributed by atoms with van der Waals surface area (Å²) in [4.78, 5) is 2.35. The van der Waals surface area contributed by atoms with E-state index in [1.165, 1.54) is 0 Å². The van der Waals surface area contributed by atoms with Gasteiger partial charge in [-0.25, -0.2) is 9.99 Å². The second kappa shape index (κ2) is 3.83. The molecule has 0 aromatic rings. The molecule has 3 nitrogen and oxygen atoms in total. The first kappa shape index (κ1) is 11.3. The maximum atomic E-state index is 12.1. The van der Waals surface area contributed by atoms with Crippen molar-refractivity contribution < 1.29 is 32.4 Å². The fourth-order valence-corrected chi connectivity index (χ4v) is 0.402. The van der Waals surface area contributed by atoms with Gasteiger partial charge in [0.1, 0.15) is 0 Å². The Morgan fingerprint density at radius 2 is 1.83 bits per heavy atom. The molecule has 0 fully saturated rings. The van der Waals surface area contributed by atoms with E-state index in [9.17, 15) is 17.6 Å². The van der Waals surface area contributed by atoms with Crippen LogP contribution in [-0.2, 0) is 9.62 Å². The zero-order valence-corrected chi connectivity index (χ0v) is 5.77. The molecular formula is C5H6F4O3. The van der Waals surface area contributed by atoms with E-state index in [0.29, 0.717) is 6.08 Å². The summed E-state index contributed by atoms with van der Waals surface area (Å²) in [6.07, 6.45) is -9.25. The van der Waals surface area contributed by atoms with Crippen molar-refractivity contribution in [2.75, 3.05) is 0 Å². The van der Waals surface area contributed by atoms with E-state index in [2.05, 4.69) is 16.2 Å². The molecule has 0 amide bonds. The highest BCUT2D eigenvalue weighted by Gasteiger charge is 2.45. The minimum Gasteiger partial charge on any atom is -0.244 e. The van der Waals surface area contributed by atoms with Crippen LogP contribution in [0.25, 0.3) is 0 Å². The third kappa shape index (κ3) is 4.27. The van der Waals surface area contributed by atoms with Crippen LogP contribution < -0.4 is 0 Å². The molecule has 7 heteroatoms. The van der Waals surface area contributed by atoms with Crippen molar-refractivity contribution in [2.24, 2.45) is 0 Å². The summed E-state index contributed by atoms with van der Waals surface area (Å²) in [6, 6.07) is 0. The molecule has 0 saturated heterocycles. The zero-order valence-electron chi connectivity index (χ0n) is 5.77. The van der Waals surface area contributed by atoms with E-state index in [-0.39, 0.29) is 0 Å². The molecule has 0 heterocycles. The summed E-state index contributed by atoms with van der Waals surface area (Å²) in [5, 5.41) is 7.39. The van der Waals surface area contributed by atoms with E-state index in [0.717, 1.165) is 0 Å². The van der Waals surface area contributed by atoms with Gasteiger partial charge >= 0.3 is 12.4 Å². The molecule has 0 radical (unpaired) electrons. The lowest BCUT2D eigenvalue weighted by Gasteiger charge is -2.19. The number of rotatable bonds is 5. The largest absolute Gasteiger partial charge is 0.516 e. The number of hydrogen-bond donors (Lipinski definition) is 1. The van der Waals surface area contributed by atoms with Gasteiger partial charge in [0.25, 0.3) is 0 Å². The van der Waals surface area contributed by atoms with Gasteiger partial charge < -0.3 is 0 Å². The molecule has 12 heavy (non-hydrogen) atoms. The van der Waals surface area contributed by atoms with Gasteiger partial charge in [-0.3, -0.25) is 0 Å². The third-order valence-corrected chi connectivity index (χ3v) is 0.756. The highest BCUT2D eigenvalue weighted by atomic mass is 19.3. The fourth-order valence-electron chi connectivity index (χ4n) is 0.402. The number of alkyl halides is 4. The second-order valence-corrected chi connectivity index (χ2v) is 1.79. The van der Waals surface area contributed by atoms with Crippen molar-refractivity contribution in [3.8, 4) is 0 Å². The van der Waals surface area contributed by atoms with Crippen molar-refractivity contribution in [3.05, 3.63) is 12.7 Å². The minimum atomic E-state index is -4.72. The van der Waals surface area contributed by atoms with E-state index in [1.54, 1.807) is 0 Å². The SMILES string of the molecule is C=CCC(F)(F)OC(F)(F)OO. The molecule has 0 saturated carbocycles. The third-order valence-electron chi connectivity index (χ3n) is 0.756. The molecule has 0 aromatic carbocycles. The van der Waals surface area contributed by atoms with Crippen LogP contribution in [0.1, 0.15) is 6.42 Å². The van der Waals surface area contributed by atoms with Crippen molar-refractivity contribution in [3.63, 3.8) is 0 Å². The highest BCUT2D eigenvalue weighted by molar-refractivity contribution is 4.72. The molecule has 0 aromatic heterocycles. The van der Waals surface area contributed by atoms with Crippen molar-refractivity contribution in [2.45, 2.75) is 18.8 Å². The van der Waals surface area contributed by atoms with Gasteiger partial charge in [0.2, 0.25) is 0 Å². The van der Waals surface area contributed by atoms with Gasteiger partial charge in [0, 0.05) is 0 Å². The van der Waals surface area contributed by atoms with Crippen LogP contribution in [0.3, 0.4) is 0 Å². The molecule has 1 N–H and O–H groups in total. The molecular weight excluding hydrogens is 184 g/mol. The molecule has 0 aliphatic heterocycles. The maximum Gasteiger partial charge on any atom is 0.516 e. The summed E-state index contributed by atoms with van der Waals surface area (Å²) in [7, 11) is 0. The fraction of sp³-hybridized carbons (Fsp3) is 0.600. The predicted octanol–water partition coefficient (Wildman–Crippen LogP) is 2.21. The lowest BCUT2D eigenvalue weighted by Crippen LogP contribution is -2.34. The number of halogens is 4. The second-order valence-electron chi connectivity index (χ2n) is 1.79. The van der Waals surface area contributed by atoms with Gasteiger partial charge in [-0.2, -0.15) is 8.78 Å². The van der Waals surface area contributed by atoms with Crippen LogP contribution in [0.4, 0.5) is 17.6 Å². The lowest BCUT2D eigenvalue weighted by molar-refractivity contribution is -0.544. The van der Waals surface area contributed by atoms with Gasteiger partial charge in [-0.1, -0.05) is 6.08 Å². The molecule has 0 rings (SSSR count). The van der Waals surface area contributed by atoms with Crippen molar-refractivity contribution in [1.82, 2.24) is 0 Å². The van der Waals surface area contributed by atoms with Crippen LogP contribution in [0.15, 0.2) is 12.7 Å². The molecule has 0 spiro atoms. The molecule has 72 valence electrons. The van der Waals surface area contributed by atoms with Crippen LogP contribution in [0.5, 0.6) is 0 Å². The molecule has 0 bridgehead atoms. The van der Waals surface area contributed by atoms with Crippen LogP contribution in [0.2, 0.25) is 0 Å². The molecule has 0 aliphatic carbocycles. The Labute approximate surface area is 65.1 Å². The maximum absolute atomic E-state index is 12.1. The van der Waals surface area contributed by atoms with E-state index >= 15 is 0 Å². The molecule has 0 aliphatic rings. The van der Waals surface area contributed by atoms with Gasteiger partial charge in [0.15, 0.2) is 0 Å². The normalized spacial score (nSPS) is 13.1. The summed E-state index contributed by atoms with van der Waals surface area (Å²) in [5.41, 5.74) is 0. The number of hydrogen-bond acceptors (Lipinski definition) is 3. The first-order valence-corrected chi connectivity index (χ1v) is 2.72. The van der Waals surface area contributed by atoms with Gasteiger partial charge in [0.05, 0.1) is 6.42 Å². The monoisotopic (exact) mass is 190 g/mol. The van der Waals surface area contributed by atoms with Crippen molar-refractivity contribution >= 4 is 0 Å². The summed E-state index contributed by atoms with van der Waals surface area (Å²) >= 11 is 0. The Bertz CT molecular complexity index is 159. The average Bonchev–Trinajstić information content (AvgIpc) is 1.85. The van der Waals surface area contributed by atoms with E-state index < -0.39 is 18.8 Å². The summed E-state index contributed by atoms with van der Waals surface area (Å²) in [5.74, 6) is 0. The summed E-state index contributed by atoms with van der Waals surface area (Å²) in [6.45, 7) is 2.89. The smallest absolute Gasteiger partial charge is 0.244 e. The first-order chi connectivity index (χ1) is 5.33. The van der Waals surface area contributed by atoms with Crippen LogP contribution >= 0.6 is 0 Å². The topological polar surface area (TPSA) is 38.7 Å². The van der Waals surface area contributed by atoms with E-state index in [1.807, 2.05) is 0 Å². The first-order valence-electron chi connectivity index (χ1n) is 2.72. The molecule has 0 atom stereocenters. The minimum absolute atomic E-state index is 0.688. The Kier molecular flexibility index (Phi) is 3.62.